The molecule has 2 unspecified atom stereocenters. The molecule has 1 aromatic rings. The first kappa shape index (κ1) is 19.2. The average molecular weight is 353 g/mol. The van der Waals surface area contributed by atoms with Crippen LogP contribution in [0.25, 0.3) is 0 Å². The van der Waals surface area contributed by atoms with Gasteiger partial charge in [-0.25, -0.2) is 0 Å². The van der Waals surface area contributed by atoms with E-state index in [4.69, 9.17) is 10.5 Å². The Morgan fingerprint density at radius 1 is 1.12 bits per heavy atom. The molecule has 1 heterocycles. The molecule has 3 N–H and O–H groups in total. The van der Waals surface area contributed by atoms with Gasteiger partial charge in [0.1, 0.15) is 0 Å². The second-order valence-electron chi connectivity index (χ2n) is 7.07. The van der Waals surface area contributed by atoms with Crippen molar-refractivity contribution in [1.82, 2.24) is 5.32 Å². The topological polar surface area (TPSA) is 64.3 Å². The van der Waals surface area contributed by atoms with E-state index >= 15 is 0 Å². The van der Waals surface area contributed by atoms with Crippen molar-refractivity contribution in [1.29, 1.82) is 0 Å². The number of ether oxygens (including phenoxy) is 1. The highest BCUT2D eigenvalue weighted by atomic mass is 35.5. The molecule has 3 rings (SSSR count). The van der Waals surface area contributed by atoms with Crippen LogP contribution in [0.2, 0.25) is 0 Å². The number of amides is 1. The van der Waals surface area contributed by atoms with Gasteiger partial charge in [-0.1, -0.05) is 29.8 Å². The highest BCUT2D eigenvalue weighted by molar-refractivity contribution is 5.85. The summed E-state index contributed by atoms with van der Waals surface area (Å²) in [4.78, 5) is 12.8. The van der Waals surface area contributed by atoms with E-state index in [1.807, 2.05) is 0 Å². The summed E-state index contributed by atoms with van der Waals surface area (Å²) < 4.78 is 5.96. The van der Waals surface area contributed by atoms with E-state index in [9.17, 15) is 4.79 Å². The first-order chi connectivity index (χ1) is 11.1. The summed E-state index contributed by atoms with van der Waals surface area (Å²) >= 11 is 0. The molecule has 0 aromatic heterocycles. The van der Waals surface area contributed by atoms with E-state index in [0.717, 1.165) is 50.7 Å². The summed E-state index contributed by atoms with van der Waals surface area (Å²) in [6.07, 6.45) is 5.74. The molecule has 2 atom stereocenters. The molecule has 2 fully saturated rings. The molecule has 1 amide bonds. The first-order valence-electron chi connectivity index (χ1n) is 8.87. The van der Waals surface area contributed by atoms with Crippen LogP contribution in [0, 0.1) is 12.8 Å². The zero-order chi connectivity index (χ0) is 16.2. The van der Waals surface area contributed by atoms with Gasteiger partial charge in [-0.2, -0.15) is 0 Å². The van der Waals surface area contributed by atoms with Crippen LogP contribution in [0.5, 0.6) is 0 Å². The minimum atomic E-state index is -0.116. The van der Waals surface area contributed by atoms with Crippen molar-refractivity contribution in [3.63, 3.8) is 0 Å². The smallest absolute Gasteiger partial charge is 0.226 e. The highest BCUT2D eigenvalue weighted by Gasteiger charge is 2.34. The van der Waals surface area contributed by atoms with E-state index in [1.165, 1.54) is 5.56 Å². The Bertz CT molecular complexity index is 527. The predicted molar refractivity (Wildman–Crippen MR) is 98.2 cm³/mol. The zero-order valence-corrected chi connectivity index (χ0v) is 15.2. The Kier molecular flexibility index (Phi) is 7.08. The third-order valence-corrected chi connectivity index (χ3v) is 5.18. The van der Waals surface area contributed by atoms with E-state index in [0.29, 0.717) is 6.04 Å². The molecule has 24 heavy (non-hydrogen) atoms. The maximum Gasteiger partial charge on any atom is 0.226 e. The van der Waals surface area contributed by atoms with Gasteiger partial charge in [-0.15, -0.1) is 12.4 Å². The minimum Gasteiger partial charge on any atom is -0.373 e. The fraction of sp³-hybridized carbons (Fsp3) is 0.632. The van der Waals surface area contributed by atoms with Crippen LogP contribution >= 0.6 is 12.4 Å². The summed E-state index contributed by atoms with van der Waals surface area (Å²) in [5.74, 6) is 0.0674. The Hall–Kier alpha value is -1.10. The molecule has 1 saturated carbocycles. The van der Waals surface area contributed by atoms with Crippen molar-refractivity contribution in [2.24, 2.45) is 11.7 Å². The zero-order valence-electron chi connectivity index (χ0n) is 14.4. The van der Waals surface area contributed by atoms with Gasteiger partial charge in [0.05, 0.1) is 12.0 Å². The molecule has 1 aromatic carbocycles. The molecule has 2 aliphatic rings. The van der Waals surface area contributed by atoms with E-state index in [-0.39, 0.29) is 36.4 Å². The standard InChI is InChI=1S/C19H28N2O2.ClH/c1-13-4-6-14(7-5-13)18-17(3-2-12-23-18)19(22)21-16-10-8-15(20)9-11-16;/h4-7,15-18H,2-3,8-12,20H2,1H3,(H,21,22);1H. The number of hydrogen-bond acceptors (Lipinski definition) is 3. The molecule has 0 radical (unpaired) electrons. The monoisotopic (exact) mass is 352 g/mol. The number of carbonyl (C=O) groups excluding carboxylic acids is 1. The Labute approximate surface area is 150 Å². The summed E-state index contributed by atoms with van der Waals surface area (Å²) in [7, 11) is 0. The molecule has 1 aliphatic heterocycles. The van der Waals surface area contributed by atoms with Gasteiger partial charge in [0, 0.05) is 18.7 Å². The fourth-order valence-corrected chi connectivity index (χ4v) is 3.71. The Balaban J connectivity index is 0.00000208. The molecule has 1 saturated heterocycles. The largest absolute Gasteiger partial charge is 0.373 e. The molecular weight excluding hydrogens is 324 g/mol. The number of rotatable bonds is 3. The molecular formula is C19H29ClN2O2. The lowest BCUT2D eigenvalue weighted by molar-refractivity contribution is -0.135. The number of nitrogens with one attached hydrogen (secondary N) is 1. The van der Waals surface area contributed by atoms with E-state index < -0.39 is 0 Å². The maximum atomic E-state index is 12.8. The number of carbonyl (C=O) groups is 1. The molecule has 0 spiro atoms. The molecule has 1 aliphatic carbocycles. The SMILES string of the molecule is Cc1ccc(C2OCCCC2C(=O)NC2CCC(N)CC2)cc1.Cl. The first-order valence-corrected chi connectivity index (χ1v) is 8.87. The average Bonchev–Trinajstić information content (AvgIpc) is 2.58. The van der Waals surface area contributed by atoms with Gasteiger partial charge < -0.3 is 15.8 Å². The minimum absolute atomic E-state index is 0. The number of aryl methyl sites for hydroxylation is 1. The van der Waals surface area contributed by atoms with Crippen molar-refractivity contribution in [3.8, 4) is 0 Å². The second-order valence-corrected chi connectivity index (χ2v) is 7.07. The third kappa shape index (κ3) is 4.71. The second kappa shape index (κ2) is 8.84. The van der Waals surface area contributed by atoms with Crippen LogP contribution in [0.3, 0.4) is 0 Å². The van der Waals surface area contributed by atoms with Crippen LogP contribution in [-0.2, 0) is 9.53 Å². The fourth-order valence-electron chi connectivity index (χ4n) is 3.71. The van der Waals surface area contributed by atoms with Crippen molar-refractivity contribution in [2.75, 3.05) is 6.61 Å². The predicted octanol–water partition coefficient (Wildman–Crippen LogP) is 3.27. The van der Waals surface area contributed by atoms with Gasteiger partial charge in [-0.3, -0.25) is 4.79 Å². The third-order valence-electron chi connectivity index (χ3n) is 5.18. The lowest BCUT2D eigenvalue weighted by Gasteiger charge is -2.34. The van der Waals surface area contributed by atoms with Crippen molar-refractivity contribution < 1.29 is 9.53 Å². The van der Waals surface area contributed by atoms with Gasteiger partial charge in [0.15, 0.2) is 0 Å². The highest BCUT2D eigenvalue weighted by Crippen LogP contribution is 2.34. The van der Waals surface area contributed by atoms with Crippen molar-refractivity contribution >= 4 is 18.3 Å². The quantitative estimate of drug-likeness (QED) is 0.877. The summed E-state index contributed by atoms with van der Waals surface area (Å²) in [6, 6.07) is 8.94. The van der Waals surface area contributed by atoms with E-state index in [1.54, 1.807) is 0 Å². The van der Waals surface area contributed by atoms with Gasteiger partial charge >= 0.3 is 0 Å². The van der Waals surface area contributed by atoms with Crippen molar-refractivity contribution in [3.05, 3.63) is 35.4 Å². The number of halogens is 1. The lowest BCUT2D eigenvalue weighted by atomic mass is 9.87. The molecule has 5 heteroatoms. The Morgan fingerprint density at radius 2 is 1.79 bits per heavy atom. The molecule has 0 bridgehead atoms. The van der Waals surface area contributed by atoms with Gasteiger partial charge in [-0.05, 0) is 51.0 Å². The maximum absolute atomic E-state index is 12.8. The van der Waals surface area contributed by atoms with Crippen LogP contribution in [0.1, 0.15) is 55.8 Å². The van der Waals surface area contributed by atoms with E-state index in [2.05, 4.69) is 36.5 Å². The van der Waals surface area contributed by atoms with Gasteiger partial charge in [0.25, 0.3) is 0 Å². The van der Waals surface area contributed by atoms with Crippen LogP contribution < -0.4 is 11.1 Å². The normalized spacial score (nSPS) is 30.2. The molecule has 134 valence electrons. The van der Waals surface area contributed by atoms with Crippen molar-refractivity contribution in [2.45, 2.75) is 63.6 Å². The van der Waals surface area contributed by atoms with Crippen LogP contribution in [-0.4, -0.2) is 24.6 Å². The number of hydrogen-bond donors (Lipinski definition) is 2. The Morgan fingerprint density at radius 3 is 2.46 bits per heavy atom. The number of nitrogens with two attached hydrogens (primary N) is 1. The lowest BCUT2D eigenvalue weighted by Crippen LogP contribution is -2.45. The number of benzene rings is 1. The summed E-state index contributed by atoms with van der Waals surface area (Å²) in [6.45, 7) is 2.81. The van der Waals surface area contributed by atoms with Gasteiger partial charge in [0.2, 0.25) is 5.91 Å². The van der Waals surface area contributed by atoms with Crippen LogP contribution in [0.15, 0.2) is 24.3 Å². The summed E-state index contributed by atoms with van der Waals surface area (Å²) in [5, 5.41) is 3.25. The summed E-state index contributed by atoms with van der Waals surface area (Å²) in [5.41, 5.74) is 8.29. The molecule has 4 nitrogen and oxygen atoms in total. The van der Waals surface area contributed by atoms with Crippen LogP contribution in [0.4, 0.5) is 0 Å².